The normalized spacial score (nSPS) is 16.5. The van der Waals surface area contributed by atoms with Crippen molar-refractivity contribution in [1.82, 2.24) is 0 Å². The second kappa shape index (κ2) is 13.5. The third kappa shape index (κ3) is 6.20. The van der Waals surface area contributed by atoms with E-state index in [1.807, 2.05) is 0 Å². The van der Waals surface area contributed by atoms with E-state index in [2.05, 4.69) is 220 Å². The molecular formula is C58H61BN2. The minimum atomic E-state index is 0.000989. The van der Waals surface area contributed by atoms with E-state index >= 15 is 0 Å². The first-order chi connectivity index (χ1) is 28.8. The topological polar surface area (TPSA) is 6.48 Å². The van der Waals surface area contributed by atoms with Gasteiger partial charge in [-0.3, -0.25) is 0 Å². The van der Waals surface area contributed by atoms with E-state index < -0.39 is 0 Å². The van der Waals surface area contributed by atoms with Gasteiger partial charge in [-0.15, -0.1) is 0 Å². The van der Waals surface area contributed by atoms with Gasteiger partial charge in [-0.05, 0) is 151 Å². The smallest absolute Gasteiger partial charge is 0.252 e. The van der Waals surface area contributed by atoms with Crippen LogP contribution < -0.4 is 26.2 Å². The van der Waals surface area contributed by atoms with Crippen LogP contribution in [-0.2, 0) is 21.7 Å². The summed E-state index contributed by atoms with van der Waals surface area (Å²) in [6.07, 6.45) is 4.69. The zero-order valence-electron chi connectivity index (χ0n) is 38.5. The first kappa shape index (κ1) is 39.6. The molecule has 306 valence electrons. The molecule has 0 saturated carbocycles. The Labute approximate surface area is 366 Å². The van der Waals surface area contributed by atoms with E-state index in [1.165, 1.54) is 101 Å². The number of aryl methyl sites for hydroxylation is 1. The minimum Gasteiger partial charge on any atom is -0.311 e. The Morgan fingerprint density at radius 1 is 0.541 bits per heavy atom. The van der Waals surface area contributed by atoms with Gasteiger partial charge in [-0.25, -0.2) is 0 Å². The summed E-state index contributed by atoms with van der Waals surface area (Å²) in [6.45, 7) is 28.1. The van der Waals surface area contributed by atoms with Crippen LogP contribution in [0.5, 0.6) is 0 Å². The number of anilines is 6. The number of rotatable bonds is 3. The highest BCUT2D eigenvalue weighted by molar-refractivity contribution is 7.00. The molecule has 6 aromatic rings. The lowest BCUT2D eigenvalue weighted by Crippen LogP contribution is -2.61. The van der Waals surface area contributed by atoms with Crippen LogP contribution in [0.25, 0.3) is 11.1 Å². The summed E-state index contributed by atoms with van der Waals surface area (Å²) in [4.78, 5) is 5.14. The molecule has 2 nitrogen and oxygen atoms in total. The third-order valence-corrected chi connectivity index (χ3v) is 14.3. The van der Waals surface area contributed by atoms with Gasteiger partial charge in [0.2, 0.25) is 0 Å². The van der Waals surface area contributed by atoms with Crippen molar-refractivity contribution in [3.63, 3.8) is 0 Å². The van der Waals surface area contributed by atoms with Crippen molar-refractivity contribution in [2.75, 3.05) is 9.80 Å². The molecular weight excluding hydrogens is 735 g/mol. The maximum Gasteiger partial charge on any atom is 0.252 e. The molecule has 0 atom stereocenters. The molecule has 10 rings (SSSR count). The van der Waals surface area contributed by atoms with Crippen LogP contribution in [0.1, 0.15) is 128 Å². The van der Waals surface area contributed by atoms with Gasteiger partial charge in [0.15, 0.2) is 0 Å². The van der Waals surface area contributed by atoms with E-state index in [0.29, 0.717) is 0 Å². The highest BCUT2D eigenvalue weighted by atomic mass is 15.2. The second-order valence-electron chi connectivity index (χ2n) is 21.9. The van der Waals surface area contributed by atoms with Gasteiger partial charge in [0.1, 0.15) is 0 Å². The van der Waals surface area contributed by atoms with Crippen LogP contribution in [0.3, 0.4) is 0 Å². The fraction of sp³-hybridized carbons (Fsp3) is 0.310. The van der Waals surface area contributed by atoms with Crippen molar-refractivity contribution in [3.05, 3.63) is 172 Å². The van der Waals surface area contributed by atoms with Crippen molar-refractivity contribution < 1.29 is 0 Å². The molecule has 2 aliphatic heterocycles. The average molecular weight is 797 g/mol. The molecule has 0 fully saturated rings. The van der Waals surface area contributed by atoms with E-state index in [4.69, 9.17) is 0 Å². The molecule has 0 aromatic heterocycles. The van der Waals surface area contributed by atoms with Crippen LogP contribution in [0.4, 0.5) is 34.1 Å². The highest BCUT2D eigenvalue weighted by Crippen LogP contribution is 2.55. The van der Waals surface area contributed by atoms with E-state index in [1.54, 1.807) is 5.57 Å². The highest BCUT2D eigenvalue weighted by Gasteiger charge is 2.45. The second-order valence-corrected chi connectivity index (χ2v) is 21.9. The monoisotopic (exact) mass is 796 g/mol. The summed E-state index contributed by atoms with van der Waals surface area (Å²) in [7, 11) is 0. The lowest BCUT2D eigenvalue weighted by molar-refractivity contribution is 0.590. The summed E-state index contributed by atoms with van der Waals surface area (Å²) in [5.74, 6) is 0. The van der Waals surface area contributed by atoms with Crippen LogP contribution in [0.15, 0.2) is 133 Å². The van der Waals surface area contributed by atoms with E-state index in [0.717, 1.165) is 12.8 Å². The van der Waals surface area contributed by atoms with Gasteiger partial charge in [0, 0.05) is 39.5 Å². The van der Waals surface area contributed by atoms with Gasteiger partial charge in [0.25, 0.3) is 6.71 Å². The molecule has 0 saturated heterocycles. The number of allylic oxidation sites excluding steroid dienone is 4. The molecule has 0 radical (unpaired) electrons. The Bertz CT molecular complexity index is 2830. The molecule has 6 aromatic carbocycles. The third-order valence-electron chi connectivity index (χ3n) is 14.3. The molecule has 61 heavy (non-hydrogen) atoms. The Kier molecular flexibility index (Phi) is 8.75. The molecule has 0 N–H and O–H groups in total. The van der Waals surface area contributed by atoms with Gasteiger partial charge >= 0.3 is 0 Å². The number of hydrogen-bond donors (Lipinski definition) is 0. The Balaban J connectivity index is 1.18. The molecule has 3 heteroatoms. The molecule has 0 spiro atoms. The Hall–Kier alpha value is -5.54. The number of fused-ring (bicyclic) bond motifs is 6. The van der Waals surface area contributed by atoms with Crippen molar-refractivity contribution >= 4 is 68.4 Å². The maximum atomic E-state index is 2.57. The van der Waals surface area contributed by atoms with Crippen LogP contribution in [0.2, 0.25) is 0 Å². The van der Waals surface area contributed by atoms with Crippen molar-refractivity contribution in [2.45, 2.75) is 118 Å². The van der Waals surface area contributed by atoms with E-state index in [9.17, 15) is 0 Å². The Morgan fingerprint density at radius 2 is 1.10 bits per heavy atom. The fourth-order valence-corrected chi connectivity index (χ4v) is 10.9. The lowest BCUT2D eigenvalue weighted by atomic mass is 9.33. The van der Waals surface area contributed by atoms with Gasteiger partial charge < -0.3 is 9.80 Å². The van der Waals surface area contributed by atoms with Crippen molar-refractivity contribution in [3.8, 4) is 0 Å². The van der Waals surface area contributed by atoms with Crippen LogP contribution in [-0.4, -0.2) is 6.71 Å². The molecule has 0 amide bonds. The standard InChI is InChI=1S/C58H61BN2/c1-36-32-51-54-52(33-36)61(42-28-22-38(23-29-42)55(2,3)4)50-35-40(57(8,9)10)24-30-47(50)59(54)48-34-39(56(5,6)7)25-31-49(48)60(51)41-26-20-37(21-27-41)43-17-15-19-46-53(43)44-16-13-14-18-45(44)58(46,11)12/h13-14,16-18,20-35H,15,19H2,1-12H3. The predicted octanol–water partition coefficient (Wildman–Crippen LogP) is 13.9. The molecule has 0 bridgehead atoms. The van der Waals surface area contributed by atoms with Gasteiger partial charge in [-0.1, -0.05) is 161 Å². The fourth-order valence-electron chi connectivity index (χ4n) is 10.9. The summed E-state index contributed by atoms with van der Waals surface area (Å²) >= 11 is 0. The number of benzene rings is 6. The summed E-state index contributed by atoms with van der Waals surface area (Å²) in [5.41, 5.74) is 25.6. The summed E-state index contributed by atoms with van der Waals surface area (Å²) in [6, 6.07) is 47.5. The zero-order chi connectivity index (χ0) is 43.0. The quantitative estimate of drug-likeness (QED) is 0.164. The predicted molar refractivity (Wildman–Crippen MR) is 265 cm³/mol. The molecule has 2 heterocycles. The largest absolute Gasteiger partial charge is 0.311 e. The molecule has 2 aliphatic carbocycles. The van der Waals surface area contributed by atoms with Gasteiger partial charge in [-0.2, -0.15) is 0 Å². The SMILES string of the molecule is Cc1cc2c3c(c1)N(c1ccc(C(C)(C)C)cc1)c1cc(C(C)(C)C)ccc1B3c1cc(C(C)(C)C)ccc1N2c1ccc(C2=CCCC3=C2c2ccccc2C3(C)C)cc1. The zero-order valence-corrected chi connectivity index (χ0v) is 38.5. The number of hydrogen-bond acceptors (Lipinski definition) is 2. The number of nitrogens with zero attached hydrogens (tertiary/aromatic N) is 2. The minimum absolute atomic E-state index is 0.000989. The van der Waals surface area contributed by atoms with Gasteiger partial charge in [0.05, 0.1) is 0 Å². The Morgan fingerprint density at radius 3 is 1.74 bits per heavy atom. The van der Waals surface area contributed by atoms with Crippen molar-refractivity contribution in [2.24, 2.45) is 0 Å². The van der Waals surface area contributed by atoms with Crippen LogP contribution in [0, 0.1) is 6.92 Å². The summed E-state index contributed by atoms with van der Waals surface area (Å²) in [5, 5.41) is 0. The average Bonchev–Trinajstić information content (AvgIpc) is 3.45. The molecule has 4 aliphatic rings. The van der Waals surface area contributed by atoms with E-state index in [-0.39, 0.29) is 28.4 Å². The maximum absolute atomic E-state index is 2.57. The summed E-state index contributed by atoms with van der Waals surface area (Å²) < 4.78 is 0. The van der Waals surface area contributed by atoms with Crippen LogP contribution >= 0.6 is 0 Å². The lowest BCUT2D eigenvalue weighted by Gasteiger charge is -2.45. The van der Waals surface area contributed by atoms with Crippen molar-refractivity contribution in [1.29, 1.82) is 0 Å². The molecule has 0 unspecified atom stereocenters. The first-order valence-electron chi connectivity index (χ1n) is 22.6. The first-order valence-corrected chi connectivity index (χ1v) is 22.6.